The summed E-state index contributed by atoms with van der Waals surface area (Å²) in [5.74, 6) is -0.972. The molecule has 0 amide bonds. The van der Waals surface area contributed by atoms with E-state index in [0.717, 1.165) is 10.2 Å². The maximum atomic E-state index is 11.0. The monoisotopic (exact) mass is 259 g/mol. The van der Waals surface area contributed by atoms with Crippen molar-refractivity contribution in [3.8, 4) is 5.13 Å². The normalized spacial score (nSPS) is 10.9. The van der Waals surface area contributed by atoms with E-state index in [0.29, 0.717) is 10.8 Å². The molecule has 6 heteroatoms. The van der Waals surface area contributed by atoms with Gasteiger partial charge in [-0.25, -0.2) is 14.5 Å². The van der Waals surface area contributed by atoms with Crippen LogP contribution in [0.15, 0.2) is 30.5 Å². The number of thiazole rings is 1. The van der Waals surface area contributed by atoms with E-state index in [1.807, 2.05) is 24.3 Å². The van der Waals surface area contributed by atoms with Crippen LogP contribution >= 0.6 is 11.3 Å². The molecule has 2 aromatic heterocycles. The van der Waals surface area contributed by atoms with Gasteiger partial charge in [0, 0.05) is 0 Å². The molecule has 3 aromatic rings. The molecule has 90 valence electrons. The molecule has 1 N–H and O–H groups in total. The van der Waals surface area contributed by atoms with Gasteiger partial charge in [-0.2, -0.15) is 5.10 Å². The standard InChI is InChI=1S/C12H9N3O2S/c1-7-8(11(16)17)6-13-15(7)12-14-9-4-2-3-5-10(9)18-12/h2-6H,1H3,(H,16,17). The van der Waals surface area contributed by atoms with Crippen LogP contribution in [0.4, 0.5) is 0 Å². The zero-order chi connectivity index (χ0) is 12.7. The summed E-state index contributed by atoms with van der Waals surface area (Å²) in [4.78, 5) is 15.4. The quantitative estimate of drug-likeness (QED) is 0.767. The van der Waals surface area contributed by atoms with Crippen LogP contribution in [0.2, 0.25) is 0 Å². The van der Waals surface area contributed by atoms with Gasteiger partial charge in [0.05, 0.1) is 22.1 Å². The van der Waals surface area contributed by atoms with Crippen molar-refractivity contribution in [1.29, 1.82) is 0 Å². The second-order valence-electron chi connectivity index (χ2n) is 3.82. The third-order valence-electron chi connectivity index (χ3n) is 2.70. The number of carboxylic acid groups (broad SMARTS) is 1. The van der Waals surface area contributed by atoms with E-state index in [4.69, 9.17) is 5.11 Å². The molecule has 0 spiro atoms. The average molecular weight is 259 g/mol. The number of aromatic nitrogens is 3. The fourth-order valence-electron chi connectivity index (χ4n) is 1.76. The van der Waals surface area contributed by atoms with Gasteiger partial charge in [0.1, 0.15) is 5.56 Å². The predicted molar refractivity (Wildman–Crippen MR) is 68.4 cm³/mol. The van der Waals surface area contributed by atoms with E-state index in [1.165, 1.54) is 17.5 Å². The van der Waals surface area contributed by atoms with E-state index < -0.39 is 5.97 Å². The lowest BCUT2D eigenvalue weighted by Gasteiger charge is -1.98. The summed E-state index contributed by atoms with van der Waals surface area (Å²) in [7, 11) is 0. The minimum atomic E-state index is -0.972. The van der Waals surface area contributed by atoms with Crippen LogP contribution in [-0.4, -0.2) is 25.8 Å². The Morgan fingerprint density at radius 1 is 1.39 bits per heavy atom. The van der Waals surface area contributed by atoms with Crippen molar-refractivity contribution in [1.82, 2.24) is 14.8 Å². The maximum Gasteiger partial charge on any atom is 0.339 e. The highest BCUT2D eigenvalue weighted by Gasteiger charge is 2.15. The van der Waals surface area contributed by atoms with Crippen molar-refractivity contribution in [2.75, 3.05) is 0 Å². The lowest BCUT2D eigenvalue weighted by molar-refractivity contribution is 0.0696. The molecule has 0 bridgehead atoms. The number of para-hydroxylation sites is 1. The van der Waals surface area contributed by atoms with Gasteiger partial charge in [-0.15, -0.1) is 0 Å². The Morgan fingerprint density at radius 2 is 2.17 bits per heavy atom. The Kier molecular flexibility index (Phi) is 2.38. The lowest BCUT2D eigenvalue weighted by Crippen LogP contribution is -2.01. The summed E-state index contributed by atoms with van der Waals surface area (Å²) in [5, 5.41) is 13.8. The van der Waals surface area contributed by atoms with Gasteiger partial charge in [0.25, 0.3) is 0 Å². The van der Waals surface area contributed by atoms with Crippen molar-refractivity contribution >= 4 is 27.5 Å². The number of fused-ring (bicyclic) bond motifs is 1. The number of carbonyl (C=O) groups is 1. The first-order valence-electron chi connectivity index (χ1n) is 5.30. The smallest absolute Gasteiger partial charge is 0.339 e. The minimum Gasteiger partial charge on any atom is -0.478 e. The lowest BCUT2D eigenvalue weighted by atomic mass is 10.3. The number of benzene rings is 1. The maximum absolute atomic E-state index is 11.0. The first kappa shape index (κ1) is 10.9. The summed E-state index contributed by atoms with van der Waals surface area (Å²) in [6, 6.07) is 7.77. The second-order valence-corrected chi connectivity index (χ2v) is 4.83. The molecule has 1 aromatic carbocycles. The number of aromatic carboxylic acids is 1. The van der Waals surface area contributed by atoms with Gasteiger partial charge >= 0.3 is 5.97 Å². The summed E-state index contributed by atoms with van der Waals surface area (Å²) in [5.41, 5.74) is 1.68. The highest BCUT2D eigenvalue weighted by Crippen LogP contribution is 2.25. The summed E-state index contributed by atoms with van der Waals surface area (Å²) < 4.78 is 2.62. The van der Waals surface area contributed by atoms with Crippen molar-refractivity contribution in [2.24, 2.45) is 0 Å². The Hall–Kier alpha value is -2.21. The third kappa shape index (κ3) is 1.58. The van der Waals surface area contributed by atoms with Crippen LogP contribution in [-0.2, 0) is 0 Å². The topological polar surface area (TPSA) is 68.0 Å². The van der Waals surface area contributed by atoms with Gasteiger partial charge in [-0.1, -0.05) is 23.5 Å². The zero-order valence-corrected chi connectivity index (χ0v) is 10.3. The fraction of sp³-hybridized carbons (Fsp3) is 0.0833. The molecule has 0 saturated heterocycles. The van der Waals surface area contributed by atoms with Crippen LogP contribution in [0.1, 0.15) is 16.1 Å². The van der Waals surface area contributed by atoms with Crippen LogP contribution < -0.4 is 0 Å². The molecule has 18 heavy (non-hydrogen) atoms. The summed E-state index contributed by atoms with van der Waals surface area (Å²) in [6.07, 6.45) is 1.35. The molecule has 0 radical (unpaired) electrons. The number of nitrogens with zero attached hydrogens (tertiary/aromatic N) is 3. The van der Waals surface area contributed by atoms with Gasteiger partial charge < -0.3 is 5.11 Å². The molecule has 0 aliphatic heterocycles. The molecule has 0 fully saturated rings. The van der Waals surface area contributed by atoms with Gasteiger partial charge in [-0.3, -0.25) is 0 Å². The molecule has 0 saturated carbocycles. The molecule has 0 atom stereocenters. The van der Waals surface area contributed by atoms with Gasteiger partial charge in [0.15, 0.2) is 0 Å². The SMILES string of the molecule is Cc1c(C(=O)O)cnn1-c1nc2ccccc2s1. The van der Waals surface area contributed by atoms with Crippen LogP contribution in [0.3, 0.4) is 0 Å². The number of hydrogen-bond donors (Lipinski definition) is 1. The highest BCUT2D eigenvalue weighted by atomic mass is 32.1. The zero-order valence-electron chi connectivity index (χ0n) is 9.49. The molecule has 3 rings (SSSR count). The first-order valence-corrected chi connectivity index (χ1v) is 6.12. The Morgan fingerprint density at radius 3 is 2.83 bits per heavy atom. The Labute approximate surface area is 106 Å². The predicted octanol–water partition coefficient (Wildman–Crippen LogP) is 2.49. The van der Waals surface area contributed by atoms with Crippen LogP contribution in [0.25, 0.3) is 15.3 Å². The first-order chi connectivity index (χ1) is 8.66. The molecular formula is C12H9N3O2S. The van der Waals surface area contributed by atoms with Crippen LogP contribution in [0, 0.1) is 6.92 Å². The van der Waals surface area contributed by atoms with Gasteiger partial charge in [0.2, 0.25) is 5.13 Å². The van der Waals surface area contributed by atoms with Gasteiger partial charge in [-0.05, 0) is 19.1 Å². The number of hydrogen-bond acceptors (Lipinski definition) is 4. The molecule has 0 aliphatic carbocycles. The molecule has 2 heterocycles. The van der Waals surface area contributed by atoms with Crippen molar-refractivity contribution < 1.29 is 9.90 Å². The molecule has 5 nitrogen and oxygen atoms in total. The van der Waals surface area contributed by atoms with E-state index >= 15 is 0 Å². The largest absolute Gasteiger partial charge is 0.478 e. The van der Waals surface area contributed by atoms with E-state index in [2.05, 4.69) is 10.1 Å². The number of carboxylic acids is 1. The van der Waals surface area contributed by atoms with Crippen molar-refractivity contribution in [3.63, 3.8) is 0 Å². The van der Waals surface area contributed by atoms with Crippen LogP contribution in [0.5, 0.6) is 0 Å². The summed E-state index contributed by atoms with van der Waals surface area (Å²) in [6.45, 7) is 1.72. The summed E-state index contributed by atoms with van der Waals surface area (Å²) >= 11 is 1.49. The molecular weight excluding hydrogens is 250 g/mol. The Bertz CT molecular complexity index is 712. The highest BCUT2D eigenvalue weighted by molar-refractivity contribution is 7.20. The number of rotatable bonds is 2. The average Bonchev–Trinajstić information content (AvgIpc) is 2.91. The fourth-order valence-corrected chi connectivity index (χ4v) is 2.74. The second kappa shape index (κ2) is 3.92. The van der Waals surface area contributed by atoms with E-state index in [9.17, 15) is 4.79 Å². The molecule has 0 unspecified atom stereocenters. The third-order valence-corrected chi connectivity index (χ3v) is 3.72. The minimum absolute atomic E-state index is 0.203. The Balaban J connectivity index is 2.17. The van der Waals surface area contributed by atoms with E-state index in [-0.39, 0.29) is 5.56 Å². The van der Waals surface area contributed by atoms with Crippen molar-refractivity contribution in [2.45, 2.75) is 6.92 Å². The van der Waals surface area contributed by atoms with E-state index in [1.54, 1.807) is 11.6 Å². The van der Waals surface area contributed by atoms with Crippen molar-refractivity contribution in [3.05, 3.63) is 41.7 Å². The molecule has 0 aliphatic rings.